The van der Waals surface area contributed by atoms with Crippen molar-refractivity contribution < 1.29 is 28.6 Å². The summed E-state index contributed by atoms with van der Waals surface area (Å²) in [5.41, 5.74) is 0.176. The van der Waals surface area contributed by atoms with Crippen molar-refractivity contribution in [3.63, 3.8) is 0 Å². The van der Waals surface area contributed by atoms with Crippen molar-refractivity contribution in [1.29, 1.82) is 5.26 Å². The molecule has 8 heteroatoms. The standard InChI is InChI=1S/C15H14NO6P/c1-20-10-6-11(8-12(7-10)23(17,18)19)22-15-5-3-4-14(21-2)13(15)9-16/h3-8H,1-2H3,(H2,17,18,19). The molecule has 0 aliphatic rings. The van der Waals surface area contributed by atoms with Gasteiger partial charge in [0.25, 0.3) is 0 Å². The van der Waals surface area contributed by atoms with Crippen LogP contribution in [0.2, 0.25) is 0 Å². The van der Waals surface area contributed by atoms with Crippen LogP contribution in [0, 0.1) is 11.3 Å². The van der Waals surface area contributed by atoms with E-state index < -0.39 is 7.60 Å². The second-order valence-electron chi connectivity index (χ2n) is 4.46. The topological polar surface area (TPSA) is 109 Å². The maximum atomic E-state index is 11.4. The summed E-state index contributed by atoms with van der Waals surface area (Å²) in [6.07, 6.45) is 0. The summed E-state index contributed by atoms with van der Waals surface area (Å²) < 4.78 is 27.1. The lowest BCUT2D eigenvalue weighted by molar-refractivity contribution is 0.384. The fourth-order valence-corrected chi connectivity index (χ4v) is 2.50. The molecule has 0 bridgehead atoms. The molecule has 0 fully saturated rings. The fourth-order valence-electron chi connectivity index (χ4n) is 1.90. The van der Waals surface area contributed by atoms with Crippen LogP contribution in [-0.2, 0) is 4.57 Å². The first kappa shape index (κ1) is 16.8. The molecule has 0 aliphatic carbocycles. The molecule has 7 nitrogen and oxygen atoms in total. The van der Waals surface area contributed by atoms with E-state index in [0.29, 0.717) is 5.75 Å². The molecule has 0 saturated carbocycles. The van der Waals surface area contributed by atoms with Gasteiger partial charge in [0.2, 0.25) is 0 Å². The molecule has 0 saturated heterocycles. The molecule has 0 spiro atoms. The normalized spacial score (nSPS) is 10.7. The van der Waals surface area contributed by atoms with E-state index in [2.05, 4.69) is 0 Å². The lowest BCUT2D eigenvalue weighted by Crippen LogP contribution is -2.05. The first-order chi connectivity index (χ1) is 10.9. The van der Waals surface area contributed by atoms with Crippen LogP contribution in [0.4, 0.5) is 0 Å². The number of hydrogen-bond donors (Lipinski definition) is 2. The Morgan fingerprint density at radius 2 is 1.70 bits per heavy atom. The average molecular weight is 335 g/mol. The number of rotatable bonds is 5. The van der Waals surface area contributed by atoms with Crippen LogP contribution in [0.25, 0.3) is 0 Å². The molecule has 2 aromatic rings. The third-order valence-electron chi connectivity index (χ3n) is 2.98. The largest absolute Gasteiger partial charge is 0.497 e. The zero-order chi connectivity index (χ0) is 17.0. The Labute approximate surface area is 132 Å². The lowest BCUT2D eigenvalue weighted by atomic mass is 10.2. The summed E-state index contributed by atoms with van der Waals surface area (Å²) >= 11 is 0. The van der Waals surface area contributed by atoms with E-state index in [1.165, 1.54) is 32.4 Å². The van der Waals surface area contributed by atoms with Gasteiger partial charge in [-0.05, 0) is 24.3 Å². The molecule has 0 radical (unpaired) electrons. The van der Waals surface area contributed by atoms with Crippen LogP contribution in [-0.4, -0.2) is 24.0 Å². The molecule has 0 amide bonds. The summed E-state index contributed by atoms with van der Waals surface area (Å²) in [6.45, 7) is 0. The quantitative estimate of drug-likeness (QED) is 0.806. The maximum Gasteiger partial charge on any atom is 0.356 e. The summed E-state index contributed by atoms with van der Waals surface area (Å²) in [5.74, 6) is 0.898. The molecule has 120 valence electrons. The van der Waals surface area contributed by atoms with E-state index >= 15 is 0 Å². The van der Waals surface area contributed by atoms with Crippen LogP contribution < -0.4 is 19.5 Å². The third kappa shape index (κ3) is 3.82. The van der Waals surface area contributed by atoms with Gasteiger partial charge in [-0.15, -0.1) is 0 Å². The third-order valence-corrected chi connectivity index (χ3v) is 3.92. The molecule has 0 atom stereocenters. The second-order valence-corrected chi connectivity index (χ2v) is 6.06. The minimum Gasteiger partial charge on any atom is -0.497 e. The summed E-state index contributed by atoms with van der Waals surface area (Å²) in [7, 11) is -1.68. The van der Waals surface area contributed by atoms with E-state index in [4.69, 9.17) is 14.2 Å². The molecule has 2 rings (SSSR count). The van der Waals surface area contributed by atoms with Crippen molar-refractivity contribution in [2.45, 2.75) is 0 Å². The van der Waals surface area contributed by atoms with Crippen LogP contribution >= 0.6 is 7.60 Å². The summed E-state index contributed by atoms with van der Waals surface area (Å²) in [4.78, 5) is 18.6. The molecular weight excluding hydrogens is 321 g/mol. The Morgan fingerprint density at radius 3 is 2.26 bits per heavy atom. The minimum absolute atomic E-state index is 0.132. The van der Waals surface area contributed by atoms with Gasteiger partial charge < -0.3 is 24.0 Å². The fraction of sp³-hybridized carbons (Fsp3) is 0.133. The molecule has 2 N–H and O–H groups in total. The van der Waals surface area contributed by atoms with Crippen molar-refractivity contribution in [3.8, 4) is 29.1 Å². The van der Waals surface area contributed by atoms with Gasteiger partial charge >= 0.3 is 7.60 Å². The summed E-state index contributed by atoms with van der Waals surface area (Å²) in [5, 5.41) is 8.99. The molecule has 23 heavy (non-hydrogen) atoms. The number of nitriles is 1. The summed E-state index contributed by atoms with van der Waals surface area (Å²) in [6, 6.07) is 10.7. The Bertz CT molecular complexity index is 808. The minimum atomic E-state index is -4.47. The van der Waals surface area contributed by atoms with E-state index in [0.717, 1.165) is 0 Å². The maximum absolute atomic E-state index is 11.4. The first-order valence-corrected chi connectivity index (χ1v) is 8.00. The molecule has 0 heterocycles. The number of benzene rings is 2. The highest BCUT2D eigenvalue weighted by molar-refractivity contribution is 7.60. The highest BCUT2D eigenvalue weighted by Gasteiger charge is 2.20. The SMILES string of the molecule is COc1cc(Oc2cccc(OC)c2C#N)cc(P(=O)(O)O)c1. The average Bonchev–Trinajstić information content (AvgIpc) is 2.53. The molecule has 2 aromatic carbocycles. The monoisotopic (exact) mass is 335 g/mol. The van der Waals surface area contributed by atoms with Crippen molar-refractivity contribution in [2.75, 3.05) is 14.2 Å². The Balaban J connectivity index is 2.49. The van der Waals surface area contributed by atoms with Gasteiger partial charge in [0, 0.05) is 6.07 Å². The molecule has 0 aromatic heterocycles. The Hall–Kier alpha value is -2.52. The highest BCUT2D eigenvalue weighted by atomic mass is 31.2. The van der Waals surface area contributed by atoms with Gasteiger partial charge in [-0.3, -0.25) is 4.57 Å². The first-order valence-electron chi connectivity index (χ1n) is 6.39. The van der Waals surface area contributed by atoms with Crippen LogP contribution in [0.15, 0.2) is 36.4 Å². The highest BCUT2D eigenvalue weighted by Crippen LogP contribution is 2.38. The predicted molar refractivity (Wildman–Crippen MR) is 82.5 cm³/mol. The lowest BCUT2D eigenvalue weighted by Gasteiger charge is -2.13. The van der Waals surface area contributed by atoms with Gasteiger partial charge in [0.15, 0.2) is 0 Å². The zero-order valence-corrected chi connectivity index (χ0v) is 13.3. The number of ether oxygens (including phenoxy) is 3. The predicted octanol–water partition coefficient (Wildman–Crippen LogP) is 2.17. The van der Waals surface area contributed by atoms with E-state index in [1.807, 2.05) is 6.07 Å². The van der Waals surface area contributed by atoms with Gasteiger partial charge in [-0.25, -0.2) is 0 Å². The Morgan fingerprint density at radius 1 is 1.04 bits per heavy atom. The number of methoxy groups -OCH3 is 2. The van der Waals surface area contributed by atoms with E-state index in [9.17, 15) is 19.6 Å². The van der Waals surface area contributed by atoms with Crippen molar-refractivity contribution >= 4 is 12.9 Å². The van der Waals surface area contributed by atoms with Gasteiger partial charge in [-0.1, -0.05) is 6.07 Å². The van der Waals surface area contributed by atoms with Crippen molar-refractivity contribution in [2.24, 2.45) is 0 Å². The van der Waals surface area contributed by atoms with Crippen LogP contribution in [0.3, 0.4) is 0 Å². The van der Waals surface area contributed by atoms with Crippen LogP contribution in [0.1, 0.15) is 5.56 Å². The van der Waals surface area contributed by atoms with Gasteiger partial charge in [0.1, 0.15) is 34.6 Å². The molecule has 0 unspecified atom stereocenters. The number of hydrogen-bond acceptors (Lipinski definition) is 5. The van der Waals surface area contributed by atoms with E-state index in [-0.39, 0.29) is 28.1 Å². The second kappa shape index (κ2) is 6.71. The molecule has 0 aliphatic heterocycles. The van der Waals surface area contributed by atoms with E-state index in [1.54, 1.807) is 18.2 Å². The van der Waals surface area contributed by atoms with Crippen LogP contribution in [0.5, 0.6) is 23.0 Å². The van der Waals surface area contributed by atoms with Crippen molar-refractivity contribution in [3.05, 3.63) is 42.0 Å². The van der Waals surface area contributed by atoms with Gasteiger partial charge in [0.05, 0.1) is 19.5 Å². The number of nitrogens with zero attached hydrogens (tertiary/aromatic N) is 1. The smallest absolute Gasteiger partial charge is 0.356 e. The zero-order valence-electron chi connectivity index (χ0n) is 12.4. The molecular formula is C15H14NO6P. The Kier molecular flexibility index (Phi) is 4.92. The van der Waals surface area contributed by atoms with Crippen molar-refractivity contribution in [1.82, 2.24) is 0 Å². The van der Waals surface area contributed by atoms with Gasteiger partial charge in [-0.2, -0.15) is 5.26 Å².